The van der Waals surface area contributed by atoms with Gasteiger partial charge >= 0.3 is 0 Å². The molecule has 4 heterocycles. The molecule has 0 spiro atoms. The second-order valence-electron chi connectivity index (χ2n) is 16.7. The Hall–Kier alpha value is -8.83. The van der Waals surface area contributed by atoms with E-state index in [9.17, 15) is 0 Å². The molecular weight excluding hydrogens is 845 g/mol. The summed E-state index contributed by atoms with van der Waals surface area (Å²) in [6.45, 7) is 5.34. The fraction of sp³-hybridized carbons (Fsp3) is 0.105. The summed E-state index contributed by atoms with van der Waals surface area (Å²) < 4.78 is 16.6. The first-order valence-corrected chi connectivity index (χ1v) is 22.4. The number of rotatable bonds is 16. The summed E-state index contributed by atoms with van der Waals surface area (Å²) in [5, 5.41) is 0. The van der Waals surface area contributed by atoms with Gasteiger partial charge in [0, 0.05) is 0 Å². The van der Waals surface area contributed by atoms with E-state index in [0.29, 0.717) is 58.7 Å². The first-order chi connectivity index (χ1) is 33.4. The highest BCUT2D eigenvalue weighted by Gasteiger charge is 2.27. The van der Waals surface area contributed by atoms with E-state index >= 15 is 4.79 Å². The van der Waals surface area contributed by atoms with E-state index in [0.717, 1.165) is 44.5 Å². The van der Waals surface area contributed by atoms with Crippen LogP contribution in [0.4, 0.5) is 0 Å². The van der Waals surface area contributed by atoms with Gasteiger partial charge in [-0.25, -0.2) is 19.9 Å². The Kier molecular flexibility index (Phi) is 12.5. The Morgan fingerprint density at radius 1 is 0.485 bits per heavy atom. The smallest absolute Gasteiger partial charge is 0.250 e. The number of fused-ring (bicyclic) bond motifs is 2. The predicted molar refractivity (Wildman–Crippen MR) is 266 cm³/mol. The minimum absolute atomic E-state index is 0.0120. The fourth-order valence-corrected chi connectivity index (χ4v) is 8.07. The van der Waals surface area contributed by atoms with Gasteiger partial charge < -0.3 is 18.6 Å². The number of ketones is 1. The maximum absolute atomic E-state index is 15.3. The van der Waals surface area contributed by atoms with Crippen molar-refractivity contribution < 1.29 is 14.3 Å². The largest absolute Gasteiger partial charge is 0.437 e. The number of benzene rings is 6. The lowest BCUT2D eigenvalue weighted by atomic mass is 9.82. The molecule has 2 atom stereocenters. The molecule has 2 unspecified atom stereocenters. The van der Waals surface area contributed by atoms with Crippen molar-refractivity contribution >= 4 is 40.3 Å². The summed E-state index contributed by atoms with van der Waals surface area (Å²) >= 11 is 0. The molecule has 0 saturated carbocycles. The molecule has 0 aliphatic rings. The summed E-state index contributed by atoms with van der Waals surface area (Å²) in [4.78, 5) is 42.4. The first kappa shape index (κ1) is 43.1. The van der Waals surface area contributed by atoms with Crippen LogP contribution in [-0.2, 0) is 17.9 Å². The topological polar surface area (TPSA) is 123 Å². The van der Waals surface area contributed by atoms with Crippen LogP contribution >= 0.6 is 0 Å². The Bertz CT molecular complexity index is 3140. The number of carbonyl (C=O) groups is 1. The van der Waals surface area contributed by atoms with Gasteiger partial charge in [-0.2, -0.15) is 9.97 Å². The minimum atomic E-state index is -0.631. The lowest BCUT2D eigenvalue weighted by Gasteiger charge is -2.20. The van der Waals surface area contributed by atoms with Crippen LogP contribution in [0.5, 0.6) is 23.3 Å². The van der Waals surface area contributed by atoms with Gasteiger partial charge in [-0.1, -0.05) is 169 Å². The lowest BCUT2D eigenvalue weighted by molar-refractivity contribution is -0.120. The molecule has 0 aliphatic heterocycles. The Labute approximate surface area is 393 Å². The maximum atomic E-state index is 15.3. The van der Waals surface area contributed by atoms with Gasteiger partial charge in [-0.15, -0.1) is 0 Å². The van der Waals surface area contributed by atoms with Gasteiger partial charge in [0.05, 0.1) is 37.6 Å². The first-order valence-electron chi connectivity index (χ1n) is 22.4. The summed E-state index contributed by atoms with van der Waals surface area (Å²) in [7, 11) is 0. The fourth-order valence-electron chi connectivity index (χ4n) is 8.07. The van der Waals surface area contributed by atoms with Crippen LogP contribution in [0.1, 0.15) is 56.3 Å². The van der Waals surface area contributed by atoms with Crippen LogP contribution in [0.2, 0.25) is 0 Å². The van der Waals surface area contributed by atoms with Gasteiger partial charge in [0.25, 0.3) is 11.8 Å². The van der Waals surface area contributed by atoms with Crippen molar-refractivity contribution in [1.82, 2.24) is 39.0 Å². The van der Waals surface area contributed by atoms with Gasteiger partial charge in [-0.05, 0) is 71.5 Å². The number of allylic oxidation sites excluding steroid dienone is 2. The molecule has 0 fully saturated rings. The molecule has 11 nitrogen and oxygen atoms in total. The second kappa shape index (κ2) is 19.7. The maximum Gasteiger partial charge on any atom is 0.250 e. The molecule has 332 valence electrons. The van der Waals surface area contributed by atoms with Crippen molar-refractivity contribution in [2.75, 3.05) is 0 Å². The number of aromatic nitrogens is 8. The van der Waals surface area contributed by atoms with Crippen molar-refractivity contribution in [2.45, 2.75) is 38.8 Å². The number of hydrogen-bond acceptors (Lipinski definition) is 9. The molecule has 0 aliphatic carbocycles. The van der Waals surface area contributed by atoms with E-state index in [1.807, 2.05) is 118 Å². The second-order valence-corrected chi connectivity index (χ2v) is 16.7. The molecular formula is C57H46N8O3. The zero-order valence-electron chi connectivity index (χ0n) is 37.5. The number of carbonyl (C=O) groups excluding carboxylic acids is 1. The third kappa shape index (κ3) is 9.87. The highest BCUT2D eigenvalue weighted by Crippen LogP contribution is 2.35. The molecule has 0 N–H and O–H groups in total. The predicted octanol–water partition coefficient (Wildman–Crippen LogP) is 12.1. The highest BCUT2D eigenvalue weighted by molar-refractivity contribution is 5.96. The van der Waals surface area contributed by atoms with Crippen molar-refractivity contribution in [2.24, 2.45) is 0 Å². The summed E-state index contributed by atoms with van der Waals surface area (Å²) in [6, 6.07) is 52.0. The normalized spacial score (nSPS) is 12.5. The van der Waals surface area contributed by atoms with E-state index in [-0.39, 0.29) is 5.78 Å². The number of Topliss-reactive ketones (excluding diaryl/α,β-unsaturated/α-hetero) is 1. The van der Waals surface area contributed by atoms with E-state index in [1.165, 1.54) is 12.7 Å². The van der Waals surface area contributed by atoms with Gasteiger partial charge in [0.2, 0.25) is 0 Å². The van der Waals surface area contributed by atoms with Crippen molar-refractivity contribution in [3.63, 3.8) is 0 Å². The van der Waals surface area contributed by atoms with E-state index in [1.54, 1.807) is 12.7 Å². The van der Waals surface area contributed by atoms with E-state index in [2.05, 4.69) is 117 Å². The van der Waals surface area contributed by atoms with Crippen LogP contribution in [0, 0.1) is 13.8 Å². The molecule has 0 saturated heterocycles. The highest BCUT2D eigenvalue weighted by atomic mass is 16.5. The molecule has 10 aromatic rings. The van der Waals surface area contributed by atoms with Crippen molar-refractivity contribution in [3.8, 4) is 23.3 Å². The quantitative estimate of drug-likeness (QED) is 0.0933. The van der Waals surface area contributed by atoms with E-state index in [4.69, 9.17) is 9.47 Å². The zero-order valence-corrected chi connectivity index (χ0v) is 37.5. The molecule has 10 rings (SSSR count). The number of hydrogen-bond donors (Lipinski definition) is 0. The van der Waals surface area contributed by atoms with Gasteiger partial charge in [0.1, 0.15) is 24.2 Å². The minimum Gasteiger partial charge on any atom is -0.437 e. The van der Waals surface area contributed by atoms with Crippen LogP contribution in [0.25, 0.3) is 34.5 Å². The average molecular weight is 891 g/mol. The van der Waals surface area contributed by atoms with Crippen LogP contribution < -0.4 is 9.47 Å². The van der Waals surface area contributed by atoms with Gasteiger partial charge in [0.15, 0.2) is 28.1 Å². The molecule has 0 radical (unpaired) electrons. The molecule has 11 heteroatoms. The Morgan fingerprint density at radius 3 is 1.28 bits per heavy atom. The molecule has 0 bridgehead atoms. The molecule has 0 amide bonds. The van der Waals surface area contributed by atoms with Crippen molar-refractivity contribution in [1.29, 1.82) is 0 Å². The van der Waals surface area contributed by atoms with E-state index < -0.39 is 11.8 Å². The monoisotopic (exact) mass is 890 g/mol. The van der Waals surface area contributed by atoms with Crippen molar-refractivity contribution in [3.05, 3.63) is 240 Å². The van der Waals surface area contributed by atoms with Crippen LogP contribution in [0.15, 0.2) is 195 Å². The summed E-state index contributed by atoms with van der Waals surface area (Å²) in [5.74, 6) is 0.518. The summed E-state index contributed by atoms with van der Waals surface area (Å²) in [6.07, 6.45) is 14.5. The van der Waals surface area contributed by atoms with Gasteiger partial charge in [-0.3, -0.25) is 4.79 Å². The Morgan fingerprint density at radius 2 is 0.882 bits per heavy atom. The third-order valence-electron chi connectivity index (χ3n) is 11.8. The standard InChI is InChI=1S/C57H46N8O3/c1-39-13-17-41(18-14-39)21-31-49(45-23-27-47(28-24-45)67-56-51-54(58-35-60-56)64(37-62-51)33-43-9-5-3-6-10-43)53(66)50(32-22-42-19-15-40(2)16-20-42)46-25-29-48(30-26-46)68-57-52-55(59-36-61-57)65(38-63-52)34-44-11-7-4-8-12-44/h3-32,35-38,49-50H,33-34H2,1-2H3/b31-21+,32-22+. The molecule has 68 heavy (non-hydrogen) atoms. The number of ether oxygens (including phenoxy) is 2. The SMILES string of the molecule is Cc1ccc(/C=C/C(C(=O)C(/C=C/c2ccc(C)cc2)c2ccc(Oc3ncnc4c3ncn4Cc3ccccc3)cc2)c2ccc(Oc3ncnc4c3ncn4Cc3ccccc3)cc2)cc1. The summed E-state index contributed by atoms with van der Waals surface area (Å²) in [5.41, 5.74) is 10.6. The number of imidazole rings is 2. The average Bonchev–Trinajstić information content (AvgIpc) is 3.99. The van der Waals surface area contributed by atoms with Crippen LogP contribution in [-0.4, -0.2) is 44.8 Å². The lowest BCUT2D eigenvalue weighted by Crippen LogP contribution is -2.18. The third-order valence-corrected chi connectivity index (χ3v) is 11.8. The molecule has 6 aromatic carbocycles. The van der Waals surface area contributed by atoms with Crippen LogP contribution in [0.3, 0.4) is 0 Å². The Balaban J connectivity index is 0.945. The number of nitrogens with zero attached hydrogens (tertiary/aromatic N) is 8. The number of aryl methyl sites for hydroxylation is 2. The molecule has 4 aromatic heterocycles. The zero-order chi connectivity index (χ0) is 46.2.